The van der Waals surface area contributed by atoms with Crippen LogP contribution in [-0.4, -0.2) is 5.78 Å². The zero-order valence-corrected chi connectivity index (χ0v) is 5.55. The molecule has 0 heterocycles. The molecule has 50 valence electrons. The summed E-state index contributed by atoms with van der Waals surface area (Å²) in [6.45, 7) is 2.87. The molecule has 0 spiro atoms. The van der Waals surface area contributed by atoms with Gasteiger partial charge in [-0.05, 0) is 13.0 Å². The van der Waals surface area contributed by atoms with Crippen LogP contribution in [0, 0.1) is 0 Å². The summed E-state index contributed by atoms with van der Waals surface area (Å²) in [5.41, 5.74) is 0. The standard InChI is InChI=1S/C7H10O2/c1-6(8)4-3-5-7(2)9/h3-5,8H,1-2H3/p-1/b5-3+,6-4-. The van der Waals surface area contributed by atoms with Crippen molar-refractivity contribution in [1.29, 1.82) is 0 Å². The number of carbonyl (C=O) groups is 1. The molecule has 0 saturated carbocycles. The van der Waals surface area contributed by atoms with Crippen LogP contribution in [0.15, 0.2) is 24.0 Å². The zero-order valence-electron chi connectivity index (χ0n) is 5.55. The van der Waals surface area contributed by atoms with E-state index < -0.39 is 0 Å². The molecule has 0 aromatic rings. The van der Waals surface area contributed by atoms with Crippen molar-refractivity contribution in [2.24, 2.45) is 0 Å². The quantitative estimate of drug-likeness (QED) is 0.304. The monoisotopic (exact) mass is 125 g/mol. The highest BCUT2D eigenvalue weighted by Gasteiger charge is 1.75. The molecule has 9 heavy (non-hydrogen) atoms. The third kappa shape index (κ3) is 6.95. The molecule has 0 amide bonds. The molecule has 0 aromatic heterocycles. The first-order valence-corrected chi connectivity index (χ1v) is 2.65. The summed E-state index contributed by atoms with van der Waals surface area (Å²) < 4.78 is 0. The van der Waals surface area contributed by atoms with Crippen LogP contribution in [-0.2, 0) is 4.79 Å². The third-order valence-electron chi connectivity index (χ3n) is 0.662. The van der Waals surface area contributed by atoms with Gasteiger partial charge in [0.25, 0.3) is 0 Å². The molecule has 0 aliphatic heterocycles. The highest BCUT2D eigenvalue weighted by molar-refractivity contribution is 5.87. The molecule has 0 radical (unpaired) electrons. The van der Waals surface area contributed by atoms with Crippen molar-refractivity contribution in [2.45, 2.75) is 13.8 Å². The van der Waals surface area contributed by atoms with E-state index in [-0.39, 0.29) is 11.5 Å². The number of hydrogen-bond acceptors (Lipinski definition) is 2. The van der Waals surface area contributed by atoms with E-state index in [1.54, 1.807) is 0 Å². The Morgan fingerprint density at radius 2 is 2.00 bits per heavy atom. The molecule has 2 nitrogen and oxygen atoms in total. The molecule has 0 rings (SSSR count). The molecule has 0 N–H and O–H groups in total. The lowest BCUT2D eigenvalue weighted by atomic mass is 10.3. The smallest absolute Gasteiger partial charge is 0.152 e. The van der Waals surface area contributed by atoms with Gasteiger partial charge in [0.2, 0.25) is 0 Å². The average Bonchev–Trinajstić information content (AvgIpc) is 1.63. The average molecular weight is 125 g/mol. The molecule has 0 fully saturated rings. The van der Waals surface area contributed by atoms with Crippen molar-refractivity contribution in [3.63, 3.8) is 0 Å². The Morgan fingerprint density at radius 1 is 1.44 bits per heavy atom. The predicted octanol–water partition coefficient (Wildman–Crippen LogP) is 0.396. The highest BCUT2D eigenvalue weighted by Crippen LogP contribution is 1.81. The van der Waals surface area contributed by atoms with Gasteiger partial charge in [-0.25, -0.2) is 0 Å². The summed E-state index contributed by atoms with van der Waals surface area (Å²) in [7, 11) is 0. The van der Waals surface area contributed by atoms with Gasteiger partial charge >= 0.3 is 0 Å². The Balaban J connectivity index is 3.74. The fraction of sp³-hybridized carbons (Fsp3) is 0.286. The van der Waals surface area contributed by atoms with Gasteiger partial charge in [-0.2, -0.15) is 0 Å². The highest BCUT2D eigenvalue weighted by atomic mass is 16.3. The molecule has 0 saturated heterocycles. The molecule has 0 atom stereocenters. The summed E-state index contributed by atoms with van der Waals surface area (Å²) >= 11 is 0. The minimum absolute atomic E-state index is 0.0486. The molecular formula is C7H9O2-. The summed E-state index contributed by atoms with van der Waals surface area (Å²) in [5, 5.41) is 10.2. The van der Waals surface area contributed by atoms with E-state index in [1.165, 1.54) is 32.1 Å². The second kappa shape index (κ2) is 3.89. The minimum atomic E-state index is -0.0486. The van der Waals surface area contributed by atoms with Crippen molar-refractivity contribution in [3.05, 3.63) is 24.0 Å². The van der Waals surface area contributed by atoms with Gasteiger partial charge < -0.3 is 5.11 Å². The van der Waals surface area contributed by atoms with E-state index in [9.17, 15) is 9.90 Å². The minimum Gasteiger partial charge on any atom is -0.876 e. The predicted molar refractivity (Wildman–Crippen MR) is 33.6 cm³/mol. The van der Waals surface area contributed by atoms with Crippen LogP contribution in [0.1, 0.15) is 13.8 Å². The Bertz CT molecular complexity index is 150. The van der Waals surface area contributed by atoms with Gasteiger partial charge in [0.15, 0.2) is 5.78 Å². The number of carbonyl (C=O) groups excluding carboxylic acids is 1. The van der Waals surface area contributed by atoms with E-state index in [4.69, 9.17) is 0 Å². The van der Waals surface area contributed by atoms with Crippen LogP contribution < -0.4 is 5.11 Å². The van der Waals surface area contributed by atoms with Crippen molar-refractivity contribution >= 4 is 5.78 Å². The molecule has 0 unspecified atom stereocenters. The Hall–Kier alpha value is -1.05. The van der Waals surface area contributed by atoms with Gasteiger partial charge in [0, 0.05) is 0 Å². The summed E-state index contributed by atoms with van der Waals surface area (Å²) in [6.07, 6.45) is 4.15. The van der Waals surface area contributed by atoms with Crippen LogP contribution in [0.3, 0.4) is 0 Å². The Kier molecular flexibility index (Phi) is 3.44. The van der Waals surface area contributed by atoms with Gasteiger partial charge in [-0.3, -0.25) is 4.79 Å². The van der Waals surface area contributed by atoms with Crippen molar-refractivity contribution in [3.8, 4) is 0 Å². The maximum absolute atomic E-state index is 10.2. The first-order chi connectivity index (χ1) is 4.13. The second-order valence-corrected chi connectivity index (χ2v) is 1.75. The Morgan fingerprint density at radius 3 is 2.33 bits per heavy atom. The fourth-order valence-electron chi connectivity index (χ4n) is 0.319. The van der Waals surface area contributed by atoms with Crippen LogP contribution in [0.4, 0.5) is 0 Å². The fourth-order valence-corrected chi connectivity index (χ4v) is 0.319. The van der Waals surface area contributed by atoms with Crippen LogP contribution in [0.2, 0.25) is 0 Å². The lowest BCUT2D eigenvalue weighted by Gasteiger charge is -1.97. The van der Waals surface area contributed by atoms with Gasteiger partial charge in [-0.1, -0.05) is 19.1 Å². The lowest BCUT2D eigenvalue weighted by molar-refractivity contribution is -0.301. The van der Waals surface area contributed by atoms with Gasteiger partial charge in [0.1, 0.15) is 0 Å². The second-order valence-electron chi connectivity index (χ2n) is 1.75. The lowest BCUT2D eigenvalue weighted by Crippen LogP contribution is -1.96. The largest absolute Gasteiger partial charge is 0.876 e. The van der Waals surface area contributed by atoms with E-state index in [0.29, 0.717) is 0 Å². The van der Waals surface area contributed by atoms with Crippen LogP contribution in [0.25, 0.3) is 0 Å². The summed E-state index contributed by atoms with van der Waals surface area (Å²) in [4.78, 5) is 10.2. The first kappa shape index (κ1) is 7.95. The van der Waals surface area contributed by atoms with Crippen molar-refractivity contribution in [1.82, 2.24) is 0 Å². The van der Waals surface area contributed by atoms with Crippen LogP contribution in [0.5, 0.6) is 0 Å². The number of hydrogen-bond donors (Lipinski definition) is 0. The normalized spacial score (nSPS) is 12.4. The molecular weight excluding hydrogens is 116 g/mol. The first-order valence-electron chi connectivity index (χ1n) is 2.65. The summed E-state index contributed by atoms with van der Waals surface area (Å²) in [6, 6.07) is 0. The van der Waals surface area contributed by atoms with Crippen LogP contribution >= 0.6 is 0 Å². The van der Waals surface area contributed by atoms with E-state index in [1.807, 2.05) is 0 Å². The molecule has 2 heteroatoms. The number of allylic oxidation sites excluding steroid dienone is 4. The zero-order chi connectivity index (χ0) is 7.28. The maximum atomic E-state index is 10.2. The topological polar surface area (TPSA) is 40.1 Å². The van der Waals surface area contributed by atoms with Crippen molar-refractivity contribution in [2.75, 3.05) is 0 Å². The third-order valence-corrected chi connectivity index (χ3v) is 0.662. The molecule has 0 aromatic carbocycles. The molecule has 0 aliphatic carbocycles. The molecule has 0 aliphatic rings. The van der Waals surface area contributed by atoms with Crippen molar-refractivity contribution < 1.29 is 9.90 Å². The number of rotatable bonds is 2. The number of ketones is 1. The van der Waals surface area contributed by atoms with E-state index >= 15 is 0 Å². The summed E-state index contributed by atoms with van der Waals surface area (Å²) in [5.74, 6) is -0.0972. The SMILES string of the molecule is CC(=O)/C=C/C=C(/C)[O-]. The Labute approximate surface area is 54.5 Å². The van der Waals surface area contributed by atoms with E-state index in [0.717, 1.165) is 0 Å². The van der Waals surface area contributed by atoms with E-state index in [2.05, 4.69) is 0 Å². The van der Waals surface area contributed by atoms with Gasteiger partial charge in [-0.15, -0.1) is 5.76 Å². The molecule has 0 bridgehead atoms. The maximum Gasteiger partial charge on any atom is 0.152 e. The van der Waals surface area contributed by atoms with Gasteiger partial charge in [0.05, 0.1) is 0 Å².